The van der Waals surface area contributed by atoms with Crippen molar-refractivity contribution in [1.29, 1.82) is 0 Å². The number of aliphatic hydroxyl groups is 1. The minimum Gasteiger partial charge on any atom is -0.443 e. The Balaban J connectivity index is 2.23. The zero-order valence-electron chi connectivity index (χ0n) is 17.6. The Morgan fingerprint density at radius 2 is 1.74 bits per heavy atom. The SMILES string of the molecule is CC(C)(C)OC(=O)N1C(=O)c2cc([B]OC(C)(C)C(C)(C)O)sc2C1(C)C. The molecule has 0 spiro atoms. The molecule has 0 saturated heterocycles. The van der Waals surface area contributed by atoms with Gasteiger partial charge in [0.2, 0.25) is 0 Å². The van der Waals surface area contributed by atoms with Gasteiger partial charge in [-0.05, 0) is 68.4 Å². The molecule has 1 N–H and O–H groups in total. The van der Waals surface area contributed by atoms with Gasteiger partial charge < -0.3 is 14.5 Å². The zero-order chi connectivity index (χ0) is 21.0. The highest BCUT2D eigenvalue weighted by Crippen LogP contribution is 2.42. The van der Waals surface area contributed by atoms with Gasteiger partial charge in [0, 0.05) is 9.65 Å². The van der Waals surface area contributed by atoms with Crippen LogP contribution in [0.2, 0.25) is 0 Å². The topological polar surface area (TPSA) is 76.1 Å². The molecule has 0 saturated carbocycles. The van der Waals surface area contributed by atoms with Gasteiger partial charge in [0.15, 0.2) is 0 Å². The number of ether oxygens (including phenoxy) is 1. The van der Waals surface area contributed by atoms with Crippen molar-refractivity contribution in [3.05, 3.63) is 16.5 Å². The van der Waals surface area contributed by atoms with Crippen molar-refractivity contribution in [2.45, 2.75) is 84.7 Å². The van der Waals surface area contributed by atoms with Gasteiger partial charge in [-0.1, -0.05) is 0 Å². The smallest absolute Gasteiger partial charge is 0.418 e. The van der Waals surface area contributed by atoms with Crippen molar-refractivity contribution >= 4 is 35.6 Å². The van der Waals surface area contributed by atoms with Crippen LogP contribution in [0.15, 0.2) is 6.07 Å². The summed E-state index contributed by atoms with van der Waals surface area (Å²) in [5.74, 6) is -0.373. The van der Waals surface area contributed by atoms with Crippen molar-refractivity contribution < 1.29 is 24.1 Å². The summed E-state index contributed by atoms with van der Waals surface area (Å²) in [5, 5.41) is 10.2. The summed E-state index contributed by atoms with van der Waals surface area (Å²) in [7, 11) is 1.56. The number of hydrogen-bond donors (Lipinski definition) is 1. The van der Waals surface area contributed by atoms with E-state index in [1.54, 1.807) is 62.0 Å². The lowest BCUT2D eigenvalue weighted by Crippen LogP contribution is -2.49. The Morgan fingerprint density at radius 3 is 2.19 bits per heavy atom. The number of nitrogens with zero attached hydrogens (tertiary/aromatic N) is 1. The first-order valence-corrected chi connectivity index (χ1v) is 9.74. The number of carbonyl (C=O) groups excluding carboxylic acids is 2. The van der Waals surface area contributed by atoms with Gasteiger partial charge in [-0.3, -0.25) is 4.79 Å². The van der Waals surface area contributed by atoms with Crippen LogP contribution in [0.4, 0.5) is 4.79 Å². The highest BCUT2D eigenvalue weighted by atomic mass is 32.1. The fraction of sp³-hybridized carbons (Fsp3) is 0.684. The van der Waals surface area contributed by atoms with E-state index in [9.17, 15) is 14.7 Å². The summed E-state index contributed by atoms with van der Waals surface area (Å²) in [5.41, 5.74) is -2.85. The molecule has 1 aromatic heterocycles. The molecule has 8 heteroatoms. The number of rotatable bonds is 4. The average Bonchev–Trinajstić information content (AvgIpc) is 2.93. The number of hydrogen-bond acceptors (Lipinski definition) is 6. The van der Waals surface area contributed by atoms with E-state index in [-0.39, 0.29) is 5.91 Å². The number of thiophene rings is 1. The monoisotopic (exact) mass is 394 g/mol. The Morgan fingerprint density at radius 1 is 1.19 bits per heavy atom. The second kappa shape index (κ2) is 6.60. The second-order valence-corrected chi connectivity index (χ2v) is 10.5. The third kappa shape index (κ3) is 4.22. The van der Waals surface area contributed by atoms with E-state index in [4.69, 9.17) is 9.39 Å². The fourth-order valence-electron chi connectivity index (χ4n) is 2.53. The molecule has 27 heavy (non-hydrogen) atoms. The molecule has 0 aromatic carbocycles. The van der Waals surface area contributed by atoms with E-state index in [0.29, 0.717) is 5.56 Å². The molecule has 0 atom stereocenters. The molecule has 0 bridgehead atoms. The molecule has 1 aliphatic heterocycles. The molecule has 149 valence electrons. The lowest BCUT2D eigenvalue weighted by Gasteiger charge is -2.37. The Kier molecular flexibility index (Phi) is 5.36. The van der Waals surface area contributed by atoms with E-state index in [0.717, 1.165) is 9.65 Å². The Bertz CT molecular complexity index is 755. The second-order valence-electron chi connectivity index (χ2n) is 9.38. The molecule has 1 radical (unpaired) electrons. The minimum absolute atomic E-state index is 0.373. The maximum absolute atomic E-state index is 12.9. The summed E-state index contributed by atoms with van der Waals surface area (Å²) in [6.07, 6.45) is -0.647. The van der Waals surface area contributed by atoms with Crippen molar-refractivity contribution in [1.82, 2.24) is 4.90 Å². The van der Waals surface area contributed by atoms with E-state index in [1.165, 1.54) is 16.2 Å². The largest absolute Gasteiger partial charge is 0.443 e. The van der Waals surface area contributed by atoms with Gasteiger partial charge in [-0.2, -0.15) is 0 Å². The summed E-state index contributed by atoms with van der Waals surface area (Å²) >= 11 is 1.39. The molecule has 1 aliphatic rings. The third-order valence-electron chi connectivity index (χ3n) is 4.82. The molecule has 2 amide bonds. The number of imide groups is 1. The van der Waals surface area contributed by atoms with Gasteiger partial charge >= 0.3 is 13.6 Å². The first-order chi connectivity index (χ1) is 12.0. The van der Waals surface area contributed by atoms with Crippen LogP contribution in [-0.4, -0.2) is 46.3 Å². The summed E-state index contributed by atoms with van der Waals surface area (Å²) < 4.78 is 11.9. The number of fused-ring (bicyclic) bond motifs is 1. The maximum atomic E-state index is 12.9. The molecule has 2 heterocycles. The van der Waals surface area contributed by atoms with Crippen LogP contribution in [0.25, 0.3) is 0 Å². The average molecular weight is 394 g/mol. The van der Waals surface area contributed by atoms with Crippen LogP contribution in [-0.2, 0) is 14.9 Å². The molecule has 0 aliphatic carbocycles. The maximum Gasteiger partial charge on any atom is 0.418 e. The van der Waals surface area contributed by atoms with E-state index in [1.807, 2.05) is 13.8 Å². The van der Waals surface area contributed by atoms with Crippen LogP contribution < -0.4 is 4.78 Å². The summed E-state index contributed by atoms with van der Waals surface area (Å²) in [4.78, 5) is 27.3. The highest BCUT2D eigenvalue weighted by Gasteiger charge is 2.50. The Hall–Kier alpha value is -1.38. The van der Waals surface area contributed by atoms with Crippen LogP contribution in [0, 0.1) is 0 Å². The van der Waals surface area contributed by atoms with E-state index < -0.39 is 28.4 Å². The zero-order valence-corrected chi connectivity index (χ0v) is 18.4. The summed E-state index contributed by atoms with van der Waals surface area (Å²) in [6.45, 7) is 15.9. The molecular formula is C19H29BNO5S. The number of amides is 2. The molecular weight excluding hydrogens is 365 g/mol. The number of carbonyl (C=O) groups is 2. The standard InChI is InChI=1S/C19H29BNO5S/c1-16(2,3)25-15(23)21-14(22)11-10-12(27-13(11)17(21,4)5)20-26-19(8,9)18(6,7)24/h10,24H,1-9H3. The lowest BCUT2D eigenvalue weighted by atomic mass is 9.86. The predicted octanol–water partition coefficient (Wildman–Crippen LogP) is 3.18. The summed E-state index contributed by atoms with van der Waals surface area (Å²) in [6, 6.07) is 1.72. The van der Waals surface area contributed by atoms with Crippen molar-refractivity contribution in [2.75, 3.05) is 0 Å². The Labute approximate surface area is 166 Å². The minimum atomic E-state index is -1.04. The van der Waals surface area contributed by atoms with Gasteiger partial charge in [0.25, 0.3) is 5.91 Å². The third-order valence-corrected chi connectivity index (χ3v) is 6.19. The van der Waals surface area contributed by atoms with Gasteiger partial charge in [-0.25, -0.2) is 9.69 Å². The van der Waals surface area contributed by atoms with E-state index >= 15 is 0 Å². The van der Waals surface area contributed by atoms with Crippen LogP contribution in [0.1, 0.15) is 77.5 Å². The van der Waals surface area contributed by atoms with Crippen molar-refractivity contribution in [3.8, 4) is 0 Å². The molecule has 2 rings (SSSR count). The first kappa shape index (κ1) is 21.9. The molecule has 0 fully saturated rings. The van der Waals surface area contributed by atoms with E-state index in [2.05, 4.69) is 0 Å². The lowest BCUT2D eigenvalue weighted by molar-refractivity contribution is -0.0892. The van der Waals surface area contributed by atoms with Crippen LogP contribution in [0.5, 0.6) is 0 Å². The molecule has 0 unspecified atom stereocenters. The first-order valence-electron chi connectivity index (χ1n) is 8.93. The predicted molar refractivity (Wildman–Crippen MR) is 107 cm³/mol. The fourth-order valence-corrected chi connectivity index (χ4v) is 3.63. The highest BCUT2D eigenvalue weighted by molar-refractivity contribution is 7.21. The van der Waals surface area contributed by atoms with Crippen LogP contribution >= 0.6 is 11.3 Å². The molecule has 6 nitrogen and oxygen atoms in total. The van der Waals surface area contributed by atoms with Gasteiger partial charge in [0.05, 0.1) is 22.3 Å². The normalized spacial score (nSPS) is 17.1. The van der Waals surface area contributed by atoms with Crippen LogP contribution in [0.3, 0.4) is 0 Å². The quantitative estimate of drug-likeness (QED) is 0.794. The van der Waals surface area contributed by atoms with Crippen molar-refractivity contribution in [3.63, 3.8) is 0 Å². The van der Waals surface area contributed by atoms with Gasteiger partial charge in [-0.15, -0.1) is 11.3 Å². The molecule has 1 aromatic rings. The van der Waals surface area contributed by atoms with Gasteiger partial charge in [0.1, 0.15) is 5.60 Å². The van der Waals surface area contributed by atoms with Crippen molar-refractivity contribution in [2.24, 2.45) is 0 Å².